The molecule has 0 aliphatic heterocycles. The first-order valence-corrected chi connectivity index (χ1v) is 6.90. The van der Waals surface area contributed by atoms with Crippen molar-refractivity contribution in [1.82, 2.24) is 4.90 Å². The van der Waals surface area contributed by atoms with Crippen molar-refractivity contribution in [3.8, 4) is 0 Å². The molecule has 0 spiro atoms. The summed E-state index contributed by atoms with van der Waals surface area (Å²) < 4.78 is 5.30. The monoisotopic (exact) mass is 355 g/mol. The van der Waals surface area contributed by atoms with E-state index in [-0.39, 0.29) is 10.7 Å². The molecule has 0 bridgehead atoms. The van der Waals surface area contributed by atoms with Crippen LogP contribution in [0.3, 0.4) is 0 Å². The van der Waals surface area contributed by atoms with Crippen molar-refractivity contribution in [3.63, 3.8) is 0 Å². The fourth-order valence-electron chi connectivity index (χ4n) is 1.24. The molecule has 17 heavy (non-hydrogen) atoms. The molecule has 1 amide bonds. The van der Waals surface area contributed by atoms with E-state index in [1.807, 2.05) is 27.7 Å². The third-order valence-electron chi connectivity index (χ3n) is 2.06. The molecule has 0 saturated carbocycles. The maximum Gasteiger partial charge on any atom is 0.411 e. The second-order valence-corrected chi connectivity index (χ2v) is 6.15. The van der Waals surface area contributed by atoms with Crippen molar-refractivity contribution >= 4 is 28.7 Å². The van der Waals surface area contributed by atoms with Crippen LogP contribution in [-0.2, 0) is 4.74 Å². The molecule has 0 heterocycles. The normalized spacial score (nSPS) is 14.9. The molecule has 0 aliphatic carbocycles. The minimum atomic E-state index is -0.541. The van der Waals surface area contributed by atoms with Gasteiger partial charge in [-0.15, -0.1) is 6.58 Å². The van der Waals surface area contributed by atoms with E-state index in [0.717, 1.165) is 6.42 Å². The minimum Gasteiger partial charge on any atom is -0.444 e. The van der Waals surface area contributed by atoms with Gasteiger partial charge in [-0.1, -0.05) is 35.6 Å². The van der Waals surface area contributed by atoms with Gasteiger partial charge in [-0.25, -0.2) is 4.79 Å². The molecule has 4 nitrogen and oxygen atoms in total. The molecule has 0 fully saturated rings. The van der Waals surface area contributed by atoms with Crippen LogP contribution in [0.4, 0.5) is 4.79 Å². The first kappa shape index (κ1) is 16.7. The predicted molar refractivity (Wildman–Crippen MR) is 77.2 cm³/mol. The zero-order valence-electron chi connectivity index (χ0n) is 10.9. The smallest absolute Gasteiger partial charge is 0.411 e. The summed E-state index contributed by atoms with van der Waals surface area (Å²) in [7, 11) is 0. The standard InChI is InChI=1S/C12H22INO3/c1-6-9(8-15)14(10(13)7-2)11(16)17-12(3,4)5/h6,9-10,15H,1,7-8H2,2-5H3/t9-,10+/m0/s1. The summed E-state index contributed by atoms with van der Waals surface area (Å²) in [5.74, 6) is 0. The highest BCUT2D eigenvalue weighted by atomic mass is 127. The second kappa shape index (κ2) is 7.20. The lowest BCUT2D eigenvalue weighted by Gasteiger charge is -2.34. The average Bonchev–Trinajstić information content (AvgIpc) is 2.21. The van der Waals surface area contributed by atoms with Gasteiger partial charge in [-0.3, -0.25) is 4.90 Å². The molecule has 0 aromatic carbocycles. The molecule has 1 N–H and O–H groups in total. The lowest BCUT2D eigenvalue weighted by atomic mass is 10.2. The summed E-state index contributed by atoms with van der Waals surface area (Å²) in [4.78, 5) is 13.6. The fraction of sp³-hybridized carbons (Fsp3) is 0.750. The molecule has 0 aromatic rings. The lowest BCUT2D eigenvalue weighted by molar-refractivity contribution is 0.0131. The van der Waals surface area contributed by atoms with Crippen LogP contribution in [0.15, 0.2) is 12.7 Å². The van der Waals surface area contributed by atoms with Crippen molar-refractivity contribution in [3.05, 3.63) is 12.7 Å². The number of amides is 1. The molecule has 2 atom stereocenters. The molecule has 0 rings (SSSR count). The van der Waals surface area contributed by atoms with Crippen LogP contribution in [0.5, 0.6) is 0 Å². The van der Waals surface area contributed by atoms with Crippen molar-refractivity contribution < 1.29 is 14.6 Å². The lowest BCUT2D eigenvalue weighted by Crippen LogP contribution is -2.47. The van der Waals surface area contributed by atoms with Crippen molar-refractivity contribution in [1.29, 1.82) is 0 Å². The Kier molecular flexibility index (Phi) is 7.08. The minimum absolute atomic E-state index is 0.0300. The summed E-state index contributed by atoms with van der Waals surface area (Å²) in [5, 5.41) is 9.26. The van der Waals surface area contributed by atoms with Crippen molar-refractivity contribution in [2.24, 2.45) is 0 Å². The van der Waals surface area contributed by atoms with E-state index in [2.05, 4.69) is 29.2 Å². The Morgan fingerprint density at radius 2 is 2.12 bits per heavy atom. The van der Waals surface area contributed by atoms with E-state index in [4.69, 9.17) is 4.74 Å². The van der Waals surface area contributed by atoms with Gasteiger partial charge in [0.1, 0.15) is 5.60 Å². The summed E-state index contributed by atoms with van der Waals surface area (Å²) in [6.07, 6.45) is 1.92. The number of carbonyl (C=O) groups excluding carboxylic acids is 1. The zero-order valence-corrected chi connectivity index (χ0v) is 13.1. The molecule has 100 valence electrons. The van der Waals surface area contributed by atoms with E-state index in [0.29, 0.717) is 0 Å². The van der Waals surface area contributed by atoms with Gasteiger partial charge < -0.3 is 9.84 Å². The largest absolute Gasteiger partial charge is 0.444 e. The Morgan fingerprint density at radius 3 is 2.41 bits per heavy atom. The fourth-order valence-corrected chi connectivity index (χ4v) is 1.89. The van der Waals surface area contributed by atoms with Crippen LogP contribution in [0, 0.1) is 0 Å². The maximum atomic E-state index is 12.1. The quantitative estimate of drug-likeness (QED) is 0.357. The second-order valence-electron chi connectivity index (χ2n) is 4.72. The number of aliphatic hydroxyl groups excluding tert-OH is 1. The third kappa shape index (κ3) is 5.72. The Balaban J connectivity index is 4.91. The molecule has 0 saturated heterocycles. The van der Waals surface area contributed by atoms with E-state index in [9.17, 15) is 9.90 Å². The average molecular weight is 355 g/mol. The summed E-state index contributed by atoms with van der Waals surface area (Å²) in [5.41, 5.74) is -0.541. The molecule has 0 aliphatic rings. The van der Waals surface area contributed by atoms with Crippen LogP contribution in [0.1, 0.15) is 34.1 Å². The first-order chi connectivity index (χ1) is 7.76. The van der Waals surface area contributed by atoms with Crippen molar-refractivity contribution in [2.45, 2.75) is 49.8 Å². The number of hydrogen-bond donors (Lipinski definition) is 1. The van der Waals surface area contributed by atoms with Gasteiger partial charge in [0, 0.05) is 0 Å². The number of hydrogen-bond acceptors (Lipinski definition) is 3. The van der Waals surface area contributed by atoms with Gasteiger partial charge in [0.15, 0.2) is 0 Å². The zero-order chi connectivity index (χ0) is 13.6. The molecular weight excluding hydrogens is 333 g/mol. The van der Waals surface area contributed by atoms with Crippen LogP contribution >= 0.6 is 22.6 Å². The Labute approximate surface area is 117 Å². The Hall–Kier alpha value is -0.300. The van der Waals surface area contributed by atoms with Gasteiger partial charge in [-0.05, 0) is 27.2 Å². The molecule has 0 unspecified atom stereocenters. The molecule has 0 radical (unpaired) electrons. The van der Waals surface area contributed by atoms with E-state index < -0.39 is 17.7 Å². The SMILES string of the molecule is C=C[C@@H](CO)N(C(=O)OC(C)(C)C)[C@@H](I)CC. The van der Waals surface area contributed by atoms with Crippen LogP contribution < -0.4 is 0 Å². The van der Waals surface area contributed by atoms with E-state index in [1.165, 1.54) is 4.90 Å². The van der Waals surface area contributed by atoms with Gasteiger partial charge in [0.05, 0.1) is 16.7 Å². The van der Waals surface area contributed by atoms with Crippen molar-refractivity contribution in [2.75, 3.05) is 6.61 Å². The van der Waals surface area contributed by atoms with Gasteiger partial charge >= 0.3 is 6.09 Å². The highest BCUT2D eigenvalue weighted by Gasteiger charge is 2.30. The number of ether oxygens (including phenoxy) is 1. The highest BCUT2D eigenvalue weighted by Crippen LogP contribution is 2.20. The summed E-state index contributed by atoms with van der Waals surface area (Å²) in [6, 6.07) is -0.410. The number of halogens is 1. The molecular formula is C12H22INO3. The van der Waals surface area contributed by atoms with E-state index in [1.54, 1.807) is 6.08 Å². The van der Waals surface area contributed by atoms with Crippen LogP contribution in [0.2, 0.25) is 0 Å². The van der Waals surface area contributed by atoms with Crippen LogP contribution in [0.25, 0.3) is 0 Å². The number of alkyl halides is 1. The number of rotatable bonds is 5. The molecule has 5 heteroatoms. The van der Waals surface area contributed by atoms with Gasteiger partial charge in [-0.2, -0.15) is 0 Å². The molecule has 0 aromatic heterocycles. The number of nitrogens with zero attached hydrogens (tertiary/aromatic N) is 1. The summed E-state index contributed by atoms with van der Waals surface area (Å²) in [6.45, 7) is 10.9. The highest BCUT2D eigenvalue weighted by molar-refractivity contribution is 14.1. The van der Waals surface area contributed by atoms with Gasteiger partial charge in [0.2, 0.25) is 0 Å². The predicted octanol–water partition coefficient (Wildman–Crippen LogP) is 2.94. The Morgan fingerprint density at radius 1 is 1.59 bits per heavy atom. The number of carbonyl (C=O) groups is 1. The van der Waals surface area contributed by atoms with Crippen LogP contribution in [-0.4, -0.2) is 38.4 Å². The maximum absolute atomic E-state index is 12.1. The Bertz CT molecular complexity index is 263. The first-order valence-electron chi connectivity index (χ1n) is 5.65. The number of aliphatic hydroxyl groups is 1. The third-order valence-corrected chi connectivity index (χ3v) is 3.54. The van der Waals surface area contributed by atoms with E-state index >= 15 is 0 Å². The topological polar surface area (TPSA) is 49.8 Å². The van der Waals surface area contributed by atoms with Gasteiger partial charge in [0.25, 0.3) is 0 Å². The summed E-state index contributed by atoms with van der Waals surface area (Å²) >= 11 is 2.16.